The Morgan fingerprint density at radius 2 is 2.14 bits per heavy atom. The molecule has 0 radical (unpaired) electrons. The second-order valence-corrected chi connectivity index (χ2v) is 5.73. The van der Waals surface area contributed by atoms with Gasteiger partial charge in [0, 0.05) is 6.42 Å². The lowest BCUT2D eigenvalue weighted by molar-refractivity contribution is -0.116. The number of hydrogen-bond acceptors (Lipinski definition) is 3. The van der Waals surface area contributed by atoms with Gasteiger partial charge in [0.15, 0.2) is 5.65 Å². The Balaban J connectivity index is 2.03. The van der Waals surface area contributed by atoms with Gasteiger partial charge in [-0.2, -0.15) is 0 Å². The van der Waals surface area contributed by atoms with Gasteiger partial charge in [-0.3, -0.25) is 14.7 Å². The van der Waals surface area contributed by atoms with Gasteiger partial charge >= 0.3 is 0 Å². The van der Waals surface area contributed by atoms with Crippen LogP contribution in [0.3, 0.4) is 0 Å². The molecule has 1 aliphatic carbocycles. The summed E-state index contributed by atoms with van der Waals surface area (Å²) in [6, 6.07) is 3.48. The molecule has 0 aliphatic heterocycles. The van der Waals surface area contributed by atoms with Gasteiger partial charge in [-0.1, -0.05) is 31.5 Å². The highest BCUT2D eigenvalue weighted by Crippen LogP contribution is 2.27. The lowest BCUT2D eigenvalue weighted by Crippen LogP contribution is -2.17. The maximum Gasteiger partial charge on any atom is 0.226 e. The van der Waals surface area contributed by atoms with Gasteiger partial charge in [0.2, 0.25) is 11.9 Å². The molecule has 6 heteroatoms. The van der Waals surface area contributed by atoms with Crippen LogP contribution in [0, 0.1) is 5.92 Å². The topological polar surface area (TPSA) is 59.8 Å². The minimum Gasteiger partial charge on any atom is -0.296 e. The smallest absolute Gasteiger partial charge is 0.226 e. The number of allylic oxidation sites excluding steroid dienone is 4. The number of halogens is 1. The molecule has 0 spiro atoms. The zero-order valence-electron chi connectivity index (χ0n) is 11.8. The van der Waals surface area contributed by atoms with E-state index < -0.39 is 0 Å². The molecule has 2 aromatic rings. The number of carbonyl (C=O) groups excluding carboxylic acids is 1. The van der Waals surface area contributed by atoms with Gasteiger partial charge in [-0.25, -0.2) is 9.97 Å². The average Bonchev–Trinajstić information content (AvgIpc) is 2.64. The summed E-state index contributed by atoms with van der Waals surface area (Å²) in [5.74, 6) is 0.704. The highest BCUT2D eigenvalue weighted by atomic mass is 35.5. The van der Waals surface area contributed by atoms with Gasteiger partial charge in [0.25, 0.3) is 0 Å². The van der Waals surface area contributed by atoms with Crippen LogP contribution in [0.25, 0.3) is 16.9 Å². The van der Waals surface area contributed by atoms with Crippen LogP contribution in [0.1, 0.15) is 20.3 Å². The Bertz CT molecular complexity index is 773. The number of pyridine rings is 1. The van der Waals surface area contributed by atoms with E-state index in [1.807, 2.05) is 32.1 Å². The van der Waals surface area contributed by atoms with Crippen molar-refractivity contribution in [3.63, 3.8) is 0 Å². The minimum atomic E-state index is -0.0587. The Morgan fingerprint density at radius 3 is 2.76 bits per heavy atom. The van der Waals surface area contributed by atoms with E-state index in [1.54, 1.807) is 16.7 Å². The van der Waals surface area contributed by atoms with Gasteiger partial charge in [0.1, 0.15) is 10.7 Å². The van der Waals surface area contributed by atoms with Crippen LogP contribution in [0.4, 0.5) is 5.95 Å². The number of nitrogens with one attached hydrogen (secondary N) is 1. The van der Waals surface area contributed by atoms with Crippen molar-refractivity contribution in [1.29, 1.82) is 0 Å². The van der Waals surface area contributed by atoms with Crippen molar-refractivity contribution in [2.24, 2.45) is 5.92 Å². The van der Waals surface area contributed by atoms with Crippen molar-refractivity contribution in [2.75, 3.05) is 5.32 Å². The number of amides is 1. The van der Waals surface area contributed by atoms with Crippen LogP contribution >= 0.6 is 11.6 Å². The second kappa shape index (κ2) is 5.33. The minimum absolute atomic E-state index is 0.0587. The summed E-state index contributed by atoms with van der Waals surface area (Å²) in [6.07, 6.45) is 6.24. The molecule has 2 heterocycles. The number of anilines is 1. The molecule has 0 saturated heterocycles. The Kier molecular flexibility index (Phi) is 3.51. The zero-order valence-corrected chi connectivity index (χ0v) is 12.6. The van der Waals surface area contributed by atoms with E-state index in [0.29, 0.717) is 34.6 Å². The number of carbonyl (C=O) groups is 1. The van der Waals surface area contributed by atoms with E-state index in [2.05, 4.69) is 15.3 Å². The fraction of sp³-hybridized carbons (Fsp3) is 0.267. The fourth-order valence-electron chi connectivity index (χ4n) is 2.14. The lowest BCUT2D eigenvalue weighted by atomic mass is 10.1. The fourth-order valence-corrected chi connectivity index (χ4v) is 2.28. The van der Waals surface area contributed by atoms with Crippen molar-refractivity contribution < 1.29 is 4.79 Å². The summed E-state index contributed by atoms with van der Waals surface area (Å²) in [5, 5.41) is 3.25. The quantitative estimate of drug-likeness (QED) is 0.880. The van der Waals surface area contributed by atoms with Crippen molar-refractivity contribution in [1.82, 2.24) is 14.5 Å². The zero-order chi connectivity index (χ0) is 15.0. The Labute approximate surface area is 127 Å². The monoisotopic (exact) mass is 302 g/mol. The van der Waals surface area contributed by atoms with E-state index in [4.69, 9.17) is 11.6 Å². The van der Waals surface area contributed by atoms with E-state index in [0.717, 1.165) is 5.70 Å². The first kappa shape index (κ1) is 13.8. The summed E-state index contributed by atoms with van der Waals surface area (Å²) in [5.41, 5.74) is 2.26. The summed E-state index contributed by atoms with van der Waals surface area (Å²) in [6.45, 7) is 4.00. The highest BCUT2D eigenvalue weighted by Gasteiger charge is 2.18. The first-order valence-electron chi connectivity index (χ1n) is 6.78. The number of imidazole rings is 1. The van der Waals surface area contributed by atoms with Crippen LogP contribution in [-0.4, -0.2) is 20.4 Å². The van der Waals surface area contributed by atoms with Crippen molar-refractivity contribution in [3.8, 4) is 0 Å². The normalized spacial score (nSPS) is 13.4. The predicted octanol–water partition coefficient (Wildman–Crippen LogP) is 3.48. The summed E-state index contributed by atoms with van der Waals surface area (Å²) in [4.78, 5) is 20.7. The predicted molar refractivity (Wildman–Crippen MR) is 84.0 cm³/mol. The van der Waals surface area contributed by atoms with Crippen LogP contribution in [0.2, 0.25) is 5.15 Å². The molecule has 5 nitrogen and oxygen atoms in total. The average molecular weight is 303 g/mol. The van der Waals surface area contributed by atoms with E-state index in [1.165, 1.54) is 0 Å². The van der Waals surface area contributed by atoms with Gasteiger partial charge in [-0.15, -0.1) is 0 Å². The molecule has 108 valence electrons. The Hall–Kier alpha value is -2.14. The van der Waals surface area contributed by atoms with Crippen molar-refractivity contribution in [2.45, 2.75) is 20.3 Å². The molecule has 1 amide bonds. The number of nitrogens with zero attached hydrogens (tertiary/aromatic N) is 3. The van der Waals surface area contributed by atoms with Gasteiger partial charge in [-0.05, 0) is 30.2 Å². The van der Waals surface area contributed by atoms with Crippen LogP contribution in [0.5, 0.6) is 0 Å². The standard InChI is InChI=1S/C15H15ClN4O/c1-9(2)8-13(21)19-15-17-11-6-7-12(16)18-14(11)20(15)10-4-3-5-10/h3-7,9H,8H2,1-2H3,(H,17,19,21). The molecule has 0 bridgehead atoms. The Morgan fingerprint density at radius 1 is 1.38 bits per heavy atom. The first-order valence-corrected chi connectivity index (χ1v) is 7.16. The molecule has 2 aromatic heterocycles. The van der Waals surface area contributed by atoms with Gasteiger partial charge < -0.3 is 0 Å². The summed E-state index contributed by atoms with van der Waals surface area (Å²) >= 11 is 5.96. The van der Waals surface area contributed by atoms with Crippen LogP contribution in [0.15, 0.2) is 30.4 Å². The number of aromatic nitrogens is 3. The summed E-state index contributed by atoms with van der Waals surface area (Å²) in [7, 11) is 0. The number of hydrogen-bond donors (Lipinski definition) is 1. The molecule has 0 fully saturated rings. The molecule has 0 aromatic carbocycles. The highest BCUT2D eigenvalue weighted by molar-refractivity contribution is 6.29. The molecule has 21 heavy (non-hydrogen) atoms. The maximum absolute atomic E-state index is 12.0. The molecule has 0 saturated carbocycles. The molecule has 1 aliphatic rings. The second-order valence-electron chi connectivity index (χ2n) is 5.34. The molecular weight excluding hydrogens is 288 g/mol. The SMILES string of the molecule is CC(C)CC(=O)Nc1nc2ccc(Cl)nc2n1C1=CC=C1. The molecule has 0 unspecified atom stereocenters. The van der Waals surface area contributed by atoms with E-state index in [9.17, 15) is 4.79 Å². The van der Waals surface area contributed by atoms with Gasteiger partial charge in [0.05, 0.1) is 5.70 Å². The molecule has 0 atom stereocenters. The maximum atomic E-state index is 12.0. The summed E-state index contributed by atoms with van der Waals surface area (Å²) < 4.78 is 1.80. The molecular formula is C15H15ClN4O. The third-order valence-electron chi connectivity index (χ3n) is 3.11. The van der Waals surface area contributed by atoms with Crippen molar-refractivity contribution >= 4 is 40.3 Å². The molecule has 3 rings (SSSR count). The number of fused-ring (bicyclic) bond motifs is 1. The largest absolute Gasteiger partial charge is 0.296 e. The van der Waals surface area contributed by atoms with E-state index in [-0.39, 0.29) is 5.91 Å². The first-order chi connectivity index (χ1) is 10.0. The molecule has 1 N–H and O–H groups in total. The van der Waals surface area contributed by atoms with E-state index >= 15 is 0 Å². The third-order valence-corrected chi connectivity index (χ3v) is 3.32. The third kappa shape index (κ3) is 2.69. The van der Waals surface area contributed by atoms with Crippen molar-refractivity contribution in [3.05, 3.63) is 35.5 Å². The van der Waals surface area contributed by atoms with Crippen LogP contribution in [-0.2, 0) is 4.79 Å². The number of rotatable bonds is 4. The van der Waals surface area contributed by atoms with Crippen LogP contribution < -0.4 is 5.32 Å². The lowest BCUT2D eigenvalue weighted by Gasteiger charge is -2.13.